The highest BCUT2D eigenvalue weighted by Crippen LogP contribution is 2.28. The van der Waals surface area contributed by atoms with Gasteiger partial charge in [0.2, 0.25) is 0 Å². The summed E-state index contributed by atoms with van der Waals surface area (Å²) < 4.78 is 0. The number of rotatable bonds is 2. The van der Waals surface area contributed by atoms with Crippen molar-refractivity contribution >= 4 is 10.9 Å². The number of hydrogen-bond donors (Lipinski definition) is 1. The highest BCUT2D eigenvalue weighted by atomic mass is 16.3. The fourth-order valence-electron chi connectivity index (χ4n) is 2.30. The largest absolute Gasteiger partial charge is 0.384 e. The summed E-state index contributed by atoms with van der Waals surface area (Å²) in [5.74, 6) is 0. The Morgan fingerprint density at radius 2 is 1.58 bits per heavy atom. The molecule has 0 bridgehead atoms. The van der Waals surface area contributed by atoms with Crippen molar-refractivity contribution in [3.05, 3.63) is 71.7 Å². The van der Waals surface area contributed by atoms with E-state index in [1.807, 2.05) is 49.4 Å². The molecule has 0 amide bonds. The van der Waals surface area contributed by atoms with E-state index in [4.69, 9.17) is 0 Å². The van der Waals surface area contributed by atoms with Crippen molar-refractivity contribution < 1.29 is 5.11 Å². The normalized spacial score (nSPS) is 12.5. The molecule has 0 spiro atoms. The Morgan fingerprint density at radius 1 is 0.895 bits per heavy atom. The van der Waals surface area contributed by atoms with Crippen LogP contribution in [0.5, 0.6) is 0 Å². The Morgan fingerprint density at radius 3 is 2.42 bits per heavy atom. The zero-order valence-electron chi connectivity index (χ0n) is 10.6. The van der Waals surface area contributed by atoms with Gasteiger partial charge in [0, 0.05) is 34.6 Å². The van der Waals surface area contributed by atoms with E-state index in [2.05, 4.69) is 9.97 Å². The van der Waals surface area contributed by atoms with E-state index >= 15 is 0 Å². The van der Waals surface area contributed by atoms with Gasteiger partial charge in [0.25, 0.3) is 0 Å². The van der Waals surface area contributed by atoms with Crippen LogP contribution >= 0.6 is 0 Å². The Kier molecular flexibility index (Phi) is 2.97. The van der Waals surface area contributed by atoms with E-state index in [9.17, 15) is 5.11 Å². The molecule has 2 heterocycles. The van der Waals surface area contributed by atoms with Crippen LogP contribution in [0.15, 0.2) is 54.9 Å². The molecule has 0 saturated carbocycles. The second-order valence-electron chi connectivity index (χ2n) is 4.50. The molecule has 19 heavy (non-hydrogen) atoms. The van der Waals surface area contributed by atoms with E-state index in [0.29, 0.717) is 0 Å². The van der Waals surface area contributed by atoms with Gasteiger partial charge in [0.15, 0.2) is 0 Å². The van der Waals surface area contributed by atoms with Crippen molar-refractivity contribution in [2.75, 3.05) is 0 Å². The van der Waals surface area contributed by atoms with Crippen LogP contribution in [0.3, 0.4) is 0 Å². The molecule has 3 rings (SSSR count). The SMILES string of the molecule is Cc1ncccc1C(O)c1cccc2cccnc12. The van der Waals surface area contributed by atoms with Crippen molar-refractivity contribution in [2.24, 2.45) is 0 Å². The number of nitrogens with zero attached hydrogens (tertiary/aromatic N) is 2. The minimum atomic E-state index is -0.702. The molecule has 1 N–H and O–H groups in total. The molecule has 0 fully saturated rings. The average Bonchev–Trinajstić information content (AvgIpc) is 2.46. The summed E-state index contributed by atoms with van der Waals surface area (Å²) in [4.78, 5) is 8.60. The Bertz CT molecular complexity index is 719. The van der Waals surface area contributed by atoms with E-state index in [0.717, 1.165) is 27.7 Å². The summed E-state index contributed by atoms with van der Waals surface area (Å²) >= 11 is 0. The number of aliphatic hydroxyl groups is 1. The molecule has 0 aliphatic heterocycles. The fraction of sp³-hybridized carbons (Fsp3) is 0.125. The van der Waals surface area contributed by atoms with E-state index in [1.165, 1.54) is 0 Å². The van der Waals surface area contributed by atoms with Crippen LogP contribution in [0.2, 0.25) is 0 Å². The zero-order chi connectivity index (χ0) is 13.2. The molecule has 0 aliphatic carbocycles. The van der Waals surface area contributed by atoms with Crippen molar-refractivity contribution in [1.29, 1.82) is 0 Å². The lowest BCUT2D eigenvalue weighted by Gasteiger charge is -2.15. The summed E-state index contributed by atoms with van der Waals surface area (Å²) in [6.45, 7) is 1.90. The minimum Gasteiger partial charge on any atom is -0.384 e. The molecule has 0 saturated heterocycles. The van der Waals surface area contributed by atoms with Crippen molar-refractivity contribution in [3.63, 3.8) is 0 Å². The lowest BCUT2D eigenvalue weighted by atomic mass is 9.98. The van der Waals surface area contributed by atoms with Gasteiger partial charge in [-0.05, 0) is 19.1 Å². The average molecular weight is 250 g/mol. The van der Waals surface area contributed by atoms with Gasteiger partial charge in [-0.1, -0.05) is 30.3 Å². The van der Waals surface area contributed by atoms with Crippen LogP contribution in [-0.4, -0.2) is 15.1 Å². The number of pyridine rings is 2. The first-order valence-electron chi connectivity index (χ1n) is 6.20. The third-order valence-corrected chi connectivity index (χ3v) is 3.30. The van der Waals surface area contributed by atoms with Gasteiger partial charge in [-0.15, -0.1) is 0 Å². The van der Waals surface area contributed by atoms with Crippen LogP contribution in [0, 0.1) is 6.92 Å². The molecular formula is C16H14N2O. The van der Waals surface area contributed by atoms with E-state index in [1.54, 1.807) is 12.4 Å². The molecule has 3 nitrogen and oxygen atoms in total. The monoisotopic (exact) mass is 250 g/mol. The smallest absolute Gasteiger partial charge is 0.108 e. The molecule has 1 atom stereocenters. The maximum Gasteiger partial charge on any atom is 0.108 e. The molecule has 2 aromatic heterocycles. The number of para-hydroxylation sites is 1. The van der Waals surface area contributed by atoms with Crippen molar-refractivity contribution in [3.8, 4) is 0 Å². The molecule has 3 aromatic rings. The molecule has 94 valence electrons. The summed E-state index contributed by atoms with van der Waals surface area (Å²) in [6.07, 6.45) is 2.77. The Labute approximate surface area is 111 Å². The van der Waals surface area contributed by atoms with E-state index < -0.39 is 6.10 Å². The Balaban J connectivity index is 2.17. The lowest BCUT2D eigenvalue weighted by Crippen LogP contribution is -2.04. The number of hydrogen-bond acceptors (Lipinski definition) is 3. The van der Waals surface area contributed by atoms with Gasteiger partial charge in [0.05, 0.1) is 5.52 Å². The standard InChI is InChI=1S/C16H14N2O/c1-11-13(8-4-9-17-11)16(19)14-7-2-5-12-6-3-10-18-15(12)14/h2-10,16,19H,1H3. The molecular weight excluding hydrogens is 236 g/mol. The van der Waals surface area contributed by atoms with Crippen LogP contribution in [0.4, 0.5) is 0 Å². The number of aromatic nitrogens is 2. The molecule has 3 heteroatoms. The van der Waals surface area contributed by atoms with Gasteiger partial charge < -0.3 is 5.11 Å². The second kappa shape index (κ2) is 4.78. The highest BCUT2D eigenvalue weighted by molar-refractivity contribution is 5.82. The topological polar surface area (TPSA) is 46.0 Å². The maximum absolute atomic E-state index is 10.6. The van der Waals surface area contributed by atoms with Gasteiger partial charge in [0.1, 0.15) is 6.10 Å². The summed E-state index contributed by atoms with van der Waals surface area (Å²) in [6, 6.07) is 13.5. The van der Waals surface area contributed by atoms with E-state index in [-0.39, 0.29) is 0 Å². The molecule has 1 unspecified atom stereocenters. The van der Waals surface area contributed by atoms with Crippen molar-refractivity contribution in [2.45, 2.75) is 13.0 Å². The summed E-state index contributed by atoms with van der Waals surface area (Å²) in [7, 11) is 0. The van der Waals surface area contributed by atoms with Crippen LogP contribution in [0.25, 0.3) is 10.9 Å². The fourth-order valence-corrected chi connectivity index (χ4v) is 2.30. The number of benzene rings is 1. The lowest BCUT2D eigenvalue weighted by molar-refractivity contribution is 0.220. The second-order valence-corrected chi connectivity index (χ2v) is 4.50. The number of aliphatic hydroxyl groups excluding tert-OH is 1. The van der Waals surface area contributed by atoms with Crippen LogP contribution in [-0.2, 0) is 0 Å². The van der Waals surface area contributed by atoms with Gasteiger partial charge in [-0.25, -0.2) is 0 Å². The maximum atomic E-state index is 10.6. The zero-order valence-corrected chi connectivity index (χ0v) is 10.6. The quantitative estimate of drug-likeness (QED) is 0.760. The first-order chi connectivity index (χ1) is 9.27. The van der Waals surface area contributed by atoms with Gasteiger partial charge in [-0.2, -0.15) is 0 Å². The summed E-state index contributed by atoms with van der Waals surface area (Å²) in [5, 5.41) is 11.6. The van der Waals surface area contributed by atoms with Crippen LogP contribution < -0.4 is 0 Å². The molecule has 0 aliphatic rings. The minimum absolute atomic E-state index is 0.702. The number of fused-ring (bicyclic) bond motifs is 1. The highest BCUT2D eigenvalue weighted by Gasteiger charge is 2.16. The predicted molar refractivity (Wildman–Crippen MR) is 74.8 cm³/mol. The summed E-state index contributed by atoms with van der Waals surface area (Å²) in [5.41, 5.74) is 3.30. The number of aryl methyl sites for hydroxylation is 1. The third kappa shape index (κ3) is 2.09. The third-order valence-electron chi connectivity index (χ3n) is 3.30. The first kappa shape index (κ1) is 11.8. The van der Waals surface area contributed by atoms with Crippen LogP contribution in [0.1, 0.15) is 22.9 Å². The van der Waals surface area contributed by atoms with Gasteiger partial charge in [-0.3, -0.25) is 9.97 Å². The Hall–Kier alpha value is -2.26. The van der Waals surface area contributed by atoms with Gasteiger partial charge >= 0.3 is 0 Å². The predicted octanol–water partition coefficient (Wildman–Crippen LogP) is 3.02. The first-order valence-corrected chi connectivity index (χ1v) is 6.20. The molecule has 1 aromatic carbocycles. The van der Waals surface area contributed by atoms with Crippen molar-refractivity contribution in [1.82, 2.24) is 9.97 Å². The molecule has 0 radical (unpaired) electrons.